The van der Waals surface area contributed by atoms with Gasteiger partial charge in [-0.2, -0.15) is 5.26 Å². The Bertz CT molecular complexity index is 877. The zero-order chi connectivity index (χ0) is 20.3. The van der Waals surface area contributed by atoms with Gasteiger partial charge in [0.05, 0.1) is 5.92 Å². The molecular weight excluding hydrogens is 350 g/mol. The molecule has 0 bridgehead atoms. The molecule has 1 amide bonds. The fourth-order valence-electron chi connectivity index (χ4n) is 3.66. The molecule has 0 N–H and O–H groups in total. The molecule has 0 radical (unpaired) electrons. The van der Waals surface area contributed by atoms with Gasteiger partial charge in [0.2, 0.25) is 11.9 Å². The summed E-state index contributed by atoms with van der Waals surface area (Å²) < 4.78 is 0. The summed E-state index contributed by atoms with van der Waals surface area (Å²) in [4.78, 5) is 26.0. The van der Waals surface area contributed by atoms with E-state index in [2.05, 4.69) is 61.1 Å². The van der Waals surface area contributed by atoms with Gasteiger partial charge in [0, 0.05) is 31.9 Å². The summed E-state index contributed by atoms with van der Waals surface area (Å²) in [6.45, 7) is 10.7. The van der Waals surface area contributed by atoms with E-state index < -0.39 is 0 Å². The van der Waals surface area contributed by atoms with Gasteiger partial charge in [-0.05, 0) is 31.4 Å². The summed E-state index contributed by atoms with van der Waals surface area (Å²) in [5.74, 6) is 0.850. The largest absolute Gasteiger partial charge is 0.339 e. The Balaban J connectivity index is 1.71. The first kappa shape index (κ1) is 19.8. The lowest BCUT2D eigenvalue weighted by Gasteiger charge is -2.37. The Labute approximate surface area is 166 Å². The van der Waals surface area contributed by atoms with E-state index in [0.717, 1.165) is 11.3 Å². The second kappa shape index (κ2) is 8.39. The number of aryl methyl sites for hydroxylation is 2. The molecule has 0 aliphatic carbocycles. The van der Waals surface area contributed by atoms with Crippen molar-refractivity contribution in [3.8, 4) is 6.07 Å². The van der Waals surface area contributed by atoms with Crippen LogP contribution in [-0.4, -0.2) is 47.0 Å². The first-order valence-corrected chi connectivity index (χ1v) is 9.75. The Morgan fingerprint density at radius 3 is 2.29 bits per heavy atom. The quantitative estimate of drug-likeness (QED) is 0.819. The first-order valence-electron chi connectivity index (χ1n) is 9.75. The SMILES string of the molecule is Cc1ccc(C(C(=O)N2CCN(c3nc(C)cc(C#N)n3)CC2)C(C)C)cc1. The molecule has 1 aliphatic rings. The molecule has 146 valence electrons. The average molecular weight is 377 g/mol. The van der Waals surface area contributed by atoms with Gasteiger partial charge in [0.1, 0.15) is 11.8 Å². The predicted octanol–water partition coefficient (Wildman–Crippen LogP) is 3.05. The molecule has 1 saturated heterocycles. The molecular formula is C22H27N5O. The minimum absolute atomic E-state index is 0.132. The highest BCUT2D eigenvalue weighted by Crippen LogP contribution is 2.28. The highest BCUT2D eigenvalue weighted by molar-refractivity contribution is 5.84. The normalized spacial score (nSPS) is 15.4. The maximum Gasteiger partial charge on any atom is 0.230 e. The van der Waals surface area contributed by atoms with Crippen LogP contribution in [0.4, 0.5) is 5.95 Å². The van der Waals surface area contributed by atoms with E-state index in [1.807, 2.05) is 16.7 Å². The highest BCUT2D eigenvalue weighted by Gasteiger charge is 2.31. The number of benzene rings is 1. The lowest BCUT2D eigenvalue weighted by Crippen LogP contribution is -2.51. The molecule has 1 unspecified atom stereocenters. The van der Waals surface area contributed by atoms with Crippen LogP contribution in [0.3, 0.4) is 0 Å². The zero-order valence-corrected chi connectivity index (χ0v) is 17.0. The maximum absolute atomic E-state index is 13.3. The van der Waals surface area contributed by atoms with Crippen LogP contribution in [0.2, 0.25) is 0 Å². The number of aromatic nitrogens is 2. The van der Waals surface area contributed by atoms with E-state index >= 15 is 0 Å². The molecule has 0 spiro atoms. The monoisotopic (exact) mass is 377 g/mol. The molecule has 1 fully saturated rings. The lowest BCUT2D eigenvalue weighted by atomic mass is 9.86. The fourth-order valence-corrected chi connectivity index (χ4v) is 3.66. The Kier molecular flexibility index (Phi) is 5.93. The van der Waals surface area contributed by atoms with Gasteiger partial charge in [-0.25, -0.2) is 9.97 Å². The number of amides is 1. The van der Waals surface area contributed by atoms with Crippen molar-refractivity contribution in [2.45, 2.75) is 33.6 Å². The summed E-state index contributed by atoms with van der Waals surface area (Å²) in [5.41, 5.74) is 3.43. The molecule has 2 heterocycles. The van der Waals surface area contributed by atoms with Crippen molar-refractivity contribution in [2.24, 2.45) is 5.92 Å². The van der Waals surface area contributed by atoms with Gasteiger partial charge >= 0.3 is 0 Å². The summed E-state index contributed by atoms with van der Waals surface area (Å²) in [7, 11) is 0. The summed E-state index contributed by atoms with van der Waals surface area (Å²) in [5, 5.41) is 9.13. The van der Waals surface area contributed by atoms with Crippen molar-refractivity contribution in [1.29, 1.82) is 5.26 Å². The molecule has 1 aromatic carbocycles. The number of anilines is 1. The second-order valence-corrected chi connectivity index (χ2v) is 7.75. The highest BCUT2D eigenvalue weighted by atomic mass is 16.2. The van der Waals surface area contributed by atoms with E-state index in [9.17, 15) is 4.79 Å². The van der Waals surface area contributed by atoms with Crippen LogP contribution < -0.4 is 4.90 Å². The molecule has 1 atom stereocenters. The standard InChI is InChI=1S/C22H27N5O/c1-15(2)20(18-7-5-16(3)6-8-18)21(28)26-9-11-27(12-10-26)22-24-17(4)13-19(14-23)25-22/h5-8,13,15,20H,9-12H2,1-4H3. The lowest BCUT2D eigenvalue weighted by molar-refractivity contribution is -0.134. The van der Waals surface area contributed by atoms with E-state index in [0.29, 0.717) is 37.8 Å². The number of nitriles is 1. The molecule has 2 aromatic rings. The fraction of sp³-hybridized carbons (Fsp3) is 0.455. The molecule has 1 aliphatic heterocycles. The van der Waals surface area contributed by atoms with Crippen LogP contribution in [0.1, 0.15) is 42.3 Å². The van der Waals surface area contributed by atoms with E-state index in [1.54, 1.807) is 6.07 Å². The number of hydrogen-bond donors (Lipinski definition) is 0. The molecule has 6 heteroatoms. The van der Waals surface area contributed by atoms with E-state index in [-0.39, 0.29) is 17.7 Å². The molecule has 0 saturated carbocycles. The van der Waals surface area contributed by atoms with Crippen LogP contribution in [0.15, 0.2) is 30.3 Å². The van der Waals surface area contributed by atoms with Gasteiger partial charge in [-0.15, -0.1) is 0 Å². The maximum atomic E-state index is 13.3. The van der Waals surface area contributed by atoms with Crippen molar-refractivity contribution < 1.29 is 4.79 Å². The molecule has 28 heavy (non-hydrogen) atoms. The van der Waals surface area contributed by atoms with Gasteiger partial charge in [-0.3, -0.25) is 4.79 Å². The Morgan fingerprint density at radius 1 is 1.07 bits per heavy atom. The van der Waals surface area contributed by atoms with Crippen LogP contribution in [-0.2, 0) is 4.79 Å². The van der Waals surface area contributed by atoms with Crippen molar-refractivity contribution in [3.05, 3.63) is 52.8 Å². The number of hydrogen-bond acceptors (Lipinski definition) is 5. The van der Waals surface area contributed by atoms with E-state index in [4.69, 9.17) is 5.26 Å². The number of carbonyl (C=O) groups excluding carboxylic acids is 1. The first-order chi connectivity index (χ1) is 13.4. The number of rotatable bonds is 4. The number of carbonyl (C=O) groups is 1. The van der Waals surface area contributed by atoms with Crippen molar-refractivity contribution in [3.63, 3.8) is 0 Å². The van der Waals surface area contributed by atoms with Crippen LogP contribution in [0.25, 0.3) is 0 Å². The van der Waals surface area contributed by atoms with Crippen LogP contribution >= 0.6 is 0 Å². The third-order valence-electron chi connectivity index (χ3n) is 5.20. The Morgan fingerprint density at radius 2 is 1.71 bits per heavy atom. The van der Waals surface area contributed by atoms with Gasteiger partial charge in [-0.1, -0.05) is 43.7 Å². The number of nitrogens with zero attached hydrogens (tertiary/aromatic N) is 5. The van der Waals surface area contributed by atoms with Crippen molar-refractivity contribution in [1.82, 2.24) is 14.9 Å². The molecule has 3 rings (SSSR count). The number of piperazine rings is 1. The predicted molar refractivity (Wildman–Crippen MR) is 109 cm³/mol. The third kappa shape index (κ3) is 4.30. The Hall–Kier alpha value is -2.94. The zero-order valence-electron chi connectivity index (χ0n) is 17.0. The van der Waals surface area contributed by atoms with Crippen molar-refractivity contribution in [2.75, 3.05) is 31.1 Å². The summed E-state index contributed by atoms with van der Waals surface area (Å²) in [6, 6.07) is 12.0. The molecule has 6 nitrogen and oxygen atoms in total. The van der Waals surface area contributed by atoms with Gasteiger partial charge in [0.15, 0.2) is 0 Å². The topological polar surface area (TPSA) is 73.1 Å². The molecule has 1 aromatic heterocycles. The summed E-state index contributed by atoms with van der Waals surface area (Å²) >= 11 is 0. The second-order valence-electron chi connectivity index (χ2n) is 7.75. The van der Waals surface area contributed by atoms with Crippen molar-refractivity contribution >= 4 is 11.9 Å². The smallest absolute Gasteiger partial charge is 0.230 e. The van der Waals surface area contributed by atoms with E-state index in [1.165, 1.54) is 5.56 Å². The van der Waals surface area contributed by atoms with Gasteiger partial charge in [0.25, 0.3) is 0 Å². The van der Waals surface area contributed by atoms with Crippen LogP contribution in [0.5, 0.6) is 0 Å². The van der Waals surface area contributed by atoms with Crippen LogP contribution in [0, 0.1) is 31.1 Å². The van der Waals surface area contributed by atoms with Gasteiger partial charge < -0.3 is 9.80 Å². The third-order valence-corrected chi connectivity index (χ3v) is 5.20. The minimum Gasteiger partial charge on any atom is -0.339 e. The average Bonchev–Trinajstić information content (AvgIpc) is 2.69. The minimum atomic E-state index is -0.132. The summed E-state index contributed by atoms with van der Waals surface area (Å²) in [6.07, 6.45) is 0.